The first-order chi connectivity index (χ1) is 62.5. The number of nitrogens with zero attached hydrogens (tertiary/aromatic N) is 20. The molecule has 44 heteroatoms. The predicted octanol–water partition coefficient (Wildman–Crippen LogP) is 10.8. The maximum Gasteiger partial charge on any atom is 0.290 e. The molecule has 0 spiro atoms. The SMILES string of the molecule is CNc1cncnc1Nc1cc2cn[nH]c2cc1OC.COc1c(Nc2cc(N)ncn2)ccc2c1CNC2=O.COc1cc2[nH]ncc2cc1Cc1cc(-n2ccnc2)ncn1.COc1cc2[nH]ncc2cc1Nc1ncncc1-c1nc2cccc(N3CCN[C@@H](C)C3)c2n1C.COc1cn2nccc2cc1Nc1cc(NC(=O)C2CC2)ncn1.Cl.O=CO.O=CO. The topological polar surface area (TPSA) is 548 Å². The van der Waals surface area contributed by atoms with E-state index in [2.05, 4.69) is 181 Å². The number of nitrogens with two attached hydrogens (primary N) is 1. The first-order valence-corrected chi connectivity index (χ1v) is 39.5. The lowest BCUT2D eigenvalue weighted by molar-refractivity contribution is -0.123. The Bertz CT molecular complexity index is 6720. The Balaban J connectivity index is 0.000000137. The van der Waals surface area contributed by atoms with E-state index in [-0.39, 0.29) is 43.1 Å². The molecule has 1 aliphatic carbocycles. The maximum absolute atomic E-state index is 11.8. The van der Waals surface area contributed by atoms with Crippen LogP contribution < -0.4 is 76.9 Å². The summed E-state index contributed by atoms with van der Waals surface area (Å²) in [5, 5.41) is 67.1. The van der Waals surface area contributed by atoms with Gasteiger partial charge < -0.3 is 91.6 Å². The van der Waals surface area contributed by atoms with Gasteiger partial charge in [0.05, 0.1) is 145 Å². The number of aromatic amines is 3. The highest BCUT2D eigenvalue weighted by Gasteiger charge is 2.31. The average molecular weight is 1770 g/mol. The van der Waals surface area contributed by atoms with Crippen molar-refractivity contribution in [1.29, 1.82) is 0 Å². The molecule has 0 unspecified atom stereocenters. The number of fused-ring (bicyclic) bond motifs is 6. The minimum absolute atomic E-state index is 0. The summed E-state index contributed by atoms with van der Waals surface area (Å²) in [6, 6.07) is 31.1. The maximum atomic E-state index is 11.8. The molecular formula is C85H89ClN32O11. The van der Waals surface area contributed by atoms with Gasteiger partial charge >= 0.3 is 0 Å². The number of methoxy groups -OCH3 is 5. The van der Waals surface area contributed by atoms with Crippen LogP contribution in [0.1, 0.15) is 46.9 Å². The van der Waals surface area contributed by atoms with Gasteiger partial charge in [0, 0.05) is 153 Å². The van der Waals surface area contributed by atoms with Gasteiger partial charge in [-0.05, 0) is 74.4 Å². The number of piperazine rings is 1. The number of anilines is 12. The standard InChI is InChI=1S/C25H27N9O.C16H16N6O2.C16H14N6O.C13H14N6O.C13H13N5O2.2CH2O2.ClH/c1-15-13-34(8-7-27-15)21-6-4-5-18-23(21)33(2)25(31-18)17-12-26-14-28-24(17)30-20-9-16-11-29-32-19(16)10-22(20)35-3;1-24-13-8-22-11(4-5-19-22)6-12(13)20-14-7-15(18-9-17-14)21-16(23)10-2-3-10;1-23-15-7-14-12(8-20-21-14)4-11(15)5-13-6-16(19-9-18-13)22-3-2-17-10-22;1-14-11-6-15-7-16-13(11)18-10-3-8-5-17-19-9(8)4-12(10)20-2;1-20-12-8-5-15-13(19)7(8)2-3-9(12)18-11-4-10(14)16-6-17-11;2*2-1-3;/h4-6,9-12,14-15,27H,7-8,13H2,1-3H3,(H,29,32)(H,26,28,30);4-10H,2-3H2,1H3,(H2,17,18,20,21,23);2-4,6-10H,5H2,1H3,(H,20,21);3-7,14H,1-2H3,(H,17,19)(H,15,16,18);2-4,6H,5H2,1H3,(H,15,19)(H3,14,16,17,18);2*1H,(H,2,3);1H/t15-;;;;;;;/m0......./s1. The molecule has 2 fully saturated rings. The Hall–Kier alpha value is -17.0. The van der Waals surface area contributed by atoms with Crippen molar-refractivity contribution >= 4 is 155 Å². The van der Waals surface area contributed by atoms with Crippen molar-refractivity contribution in [2.45, 2.75) is 38.8 Å². The van der Waals surface area contributed by atoms with E-state index >= 15 is 0 Å². The Morgan fingerprint density at radius 1 is 0.620 bits per heavy atom. The summed E-state index contributed by atoms with van der Waals surface area (Å²) in [4.78, 5) is 93.6. The van der Waals surface area contributed by atoms with Crippen LogP contribution in [0.15, 0.2) is 191 Å². The molecule has 0 bridgehead atoms. The van der Waals surface area contributed by atoms with Gasteiger partial charge in [0.25, 0.3) is 18.9 Å². The molecular weight excluding hydrogens is 1680 g/mol. The highest BCUT2D eigenvalue weighted by molar-refractivity contribution is 6.01. The largest absolute Gasteiger partial charge is 0.496 e. The molecule has 3 aliphatic rings. The second kappa shape index (κ2) is 42.4. The average Bonchev–Trinajstić information content (AvgIpc) is 1.60. The smallest absolute Gasteiger partial charge is 0.290 e. The van der Waals surface area contributed by atoms with Crippen molar-refractivity contribution in [2.75, 3.05) is 105 Å². The van der Waals surface area contributed by atoms with E-state index in [1.807, 2.05) is 66.3 Å². The monoisotopic (exact) mass is 1770 g/mol. The summed E-state index contributed by atoms with van der Waals surface area (Å²) in [5.74, 6) is 8.41. The fourth-order valence-electron chi connectivity index (χ4n) is 14.0. The second-order valence-electron chi connectivity index (χ2n) is 28.3. The van der Waals surface area contributed by atoms with Gasteiger partial charge in [-0.1, -0.05) is 6.07 Å². The summed E-state index contributed by atoms with van der Waals surface area (Å²) in [5.41, 5.74) is 20.7. The fourth-order valence-corrected chi connectivity index (χ4v) is 14.0. The van der Waals surface area contributed by atoms with E-state index in [0.717, 1.165) is 150 Å². The summed E-state index contributed by atoms with van der Waals surface area (Å²) >= 11 is 0. The van der Waals surface area contributed by atoms with Crippen molar-refractivity contribution in [2.24, 2.45) is 13.0 Å². The van der Waals surface area contributed by atoms with Gasteiger partial charge in [-0.25, -0.2) is 64.3 Å². The number of aryl methyl sites for hydroxylation is 1. The number of halogens is 1. The Morgan fingerprint density at radius 2 is 1.25 bits per heavy atom. The summed E-state index contributed by atoms with van der Waals surface area (Å²) in [7, 11) is 12.0. The number of para-hydroxylation sites is 1. The molecule has 662 valence electrons. The highest BCUT2D eigenvalue weighted by atomic mass is 35.5. The van der Waals surface area contributed by atoms with Crippen LogP contribution in [0.3, 0.4) is 0 Å². The summed E-state index contributed by atoms with van der Waals surface area (Å²) in [6.07, 6.45) is 27.6. The van der Waals surface area contributed by atoms with Gasteiger partial charge in [0.2, 0.25) is 5.91 Å². The summed E-state index contributed by atoms with van der Waals surface area (Å²) in [6.45, 7) is 5.05. The molecule has 12 aromatic heterocycles. The number of pyridine rings is 1. The molecule has 1 saturated heterocycles. The zero-order valence-electron chi connectivity index (χ0n) is 70.7. The molecule has 17 aromatic rings. The van der Waals surface area contributed by atoms with Crippen LogP contribution in [-0.4, -0.2) is 212 Å². The number of aromatic nitrogens is 22. The quantitative estimate of drug-likeness (QED) is 0.0297. The number of carbonyl (C=O) groups is 4. The highest BCUT2D eigenvalue weighted by Crippen LogP contribution is 2.41. The number of H-pyrrole nitrogens is 3. The minimum atomic E-state index is -0.250. The van der Waals surface area contributed by atoms with Crippen LogP contribution in [-0.2, 0) is 34.4 Å². The lowest BCUT2D eigenvalue weighted by Gasteiger charge is -2.34. The van der Waals surface area contributed by atoms with Crippen LogP contribution >= 0.6 is 12.4 Å². The van der Waals surface area contributed by atoms with Crippen LogP contribution in [0.2, 0.25) is 0 Å². The number of benzene rings is 5. The van der Waals surface area contributed by atoms with E-state index < -0.39 is 0 Å². The van der Waals surface area contributed by atoms with E-state index in [0.29, 0.717) is 82.5 Å². The third-order valence-corrected chi connectivity index (χ3v) is 20.2. The third-order valence-electron chi connectivity index (χ3n) is 20.2. The van der Waals surface area contributed by atoms with E-state index in [9.17, 15) is 9.59 Å². The van der Waals surface area contributed by atoms with Crippen molar-refractivity contribution in [3.8, 4) is 46.0 Å². The van der Waals surface area contributed by atoms with Crippen LogP contribution in [0, 0.1) is 5.92 Å². The molecule has 1 saturated carbocycles. The number of carboxylic acid groups (broad SMARTS) is 2. The molecule has 43 nitrogen and oxygen atoms in total. The molecule has 5 aromatic carbocycles. The Morgan fingerprint density at radius 3 is 1.90 bits per heavy atom. The van der Waals surface area contributed by atoms with Gasteiger partial charge in [0.15, 0.2) is 11.6 Å². The second-order valence-corrected chi connectivity index (χ2v) is 28.3. The molecule has 0 radical (unpaired) electrons. The normalized spacial score (nSPS) is 12.7. The zero-order valence-corrected chi connectivity index (χ0v) is 71.5. The fraction of sp³-hybridized carbons (Fsp3) is 0.200. The first-order valence-electron chi connectivity index (χ1n) is 39.5. The molecule has 1 atom stereocenters. The first kappa shape index (κ1) is 89.8. The van der Waals surface area contributed by atoms with E-state index in [1.165, 1.54) is 31.0 Å². The van der Waals surface area contributed by atoms with Gasteiger partial charge in [-0.3, -0.25) is 39.0 Å². The van der Waals surface area contributed by atoms with Crippen LogP contribution in [0.5, 0.6) is 28.7 Å². The van der Waals surface area contributed by atoms with E-state index in [4.69, 9.17) is 54.2 Å². The minimum Gasteiger partial charge on any atom is -0.496 e. The van der Waals surface area contributed by atoms with Crippen molar-refractivity contribution < 1.29 is 53.1 Å². The molecule has 2 aliphatic heterocycles. The number of nitrogen functional groups attached to an aromatic ring is 1. The van der Waals surface area contributed by atoms with Crippen LogP contribution in [0.4, 0.5) is 69.0 Å². The van der Waals surface area contributed by atoms with E-state index in [1.54, 1.807) is 127 Å². The molecule has 129 heavy (non-hydrogen) atoms. The number of ether oxygens (including phenoxy) is 5. The number of imidazole rings is 2. The number of nitrogens with one attached hydrogen (secondary N) is 11. The van der Waals surface area contributed by atoms with Gasteiger partial charge in [0.1, 0.15) is 102 Å². The number of carbonyl (C=O) groups excluding carboxylic acids is 2. The Labute approximate surface area is 740 Å². The summed E-state index contributed by atoms with van der Waals surface area (Å²) < 4.78 is 33.0. The van der Waals surface area contributed by atoms with Crippen molar-refractivity contribution in [3.63, 3.8) is 0 Å². The predicted molar refractivity (Wildman–Crippen MR) is 486 cm³/mol. The lowest BCUT2D eigenvalue weighted by atomic mass is 10.1. The number of hydrogen-bond acceptors (Lipinski definition) is 33. The van der Waals surface area contributed by atoms with Crippen LogP contribution in [0.25, 0.3) is 66.5 Å². The van der Waals surface area contributed by atoms with Crippen molar-refractivity contribution in [1.82, 2.24) is 120 Å². The Kier molecular flexibility index (Phi) is 29.5. The van der Waals surface area contributed by atoms with Crippen molar-refractivity contribution in [3.05, 3.63) is 213 Å². The van der Waals surface area contributed by atoms with Gasteiger partial charge in [-0.15, -0.1) is 12.4 Å². The molecule has 15 N–H and O–H groups in total. The third kappa shape index (κ3) is 21.6. The molecule has 2 amide bonds. The zero-order chi connectivity index (χ0) is 89.6. The molecule has 14 heterocycles. The molecule has 20 rings (SSSR count). The number of rotatable bonds is 21. The van der Waals surface area contributed by atoms with Gasteiger partial charge in [-0.2, -0.15) is 20.4 Å². The number of amides is 2. The lowest BCUT2D eigenvalue weighted by Crippen LogP contribution is -2.49. The number of hydrogen-bond donors (Lipinski definition) is 14.